The highest BCUT2D eigenvalue weighted by atomic mass is 32.2. The van der Waals surface area contributed by atoms with E-state index in [9.17, 15) is 9.18 Å². The molecule has 2 aromatic carbocycles. The minimum absolute atomic E-state index is 0.285. The Morgan fingerprint density at radius 3 is 2.63 bits per heavy atom. The first-order valence-corrected chi connectivity index (χ1v) is 10.8. The summed E-state index contributed by atoms with van der Waals surface area (Å²) in [7, 11) is 0. The molecule has 0 N–H and O–H groups in total. The van der Waals surface area contributed by atoms with Crippen molar-refractivity contribution in [3.63, 3.8) is 0 Å². The molecule has 0 spiro atoms. The number of carbonyl (C=O) groups is 1. The predicted molar refractivity (Wildman–Crippen MR) is 125 cm³/mol. The summed E-state index contributed by atoms with van der Waals surface area (Å²) >= 11 is 6.56. The molecule has 0 radical (unpaired) electrons. The van der Waals surface area contributed by atoms with E-state index >= 15 is 0 Å². The fourth-order valence-corrected chi connectivity index (χ4v) is 4.40. The van der Waals surface area contributed by atoms with Crippen molar-refractivity contribution in [2.75, 3.05) is 18.1 Å². The summed E-state index contributed by atoms with van der Waals surface area (Å²) in [5, 5.41) is 0. The van der Waals surface area contributed by atoms with Gasteiger partial charge in [-0.15, -0.1) is 6.58 Å². The third-order valence-corrected chi connectivity index (χ3v) is 5.57. The molecule has 30 heavy (non-hydrogen) atoms. The Bertz CT molecular complexity index is 1020. The van der Waals surface area contributed by atoms with Crippen LogP contribution in [0.1, 0.15) is 25.0 Å². The van der Waals surface area contributed by atoms with Crippen LogP contribution >= 0.6 is 24.0 Å². The van der Waals surface area contributed by atoms with Gasteiger partial charge in [-0.05, 0) is 62.2 Å². The number of rotatable bonds is 8. The van der Waals surface area contributed by atoms with Crippen molar-refractivity contribution in [1.29, 1.82) is 0 Å². The van der Waals surface area contributed by atoms with Gasteiger partial charge in [-0.1, -0.05) is 36.1 Å². The standard InChI is InChI=1S/C23H22FNO3S2/c1-4-8-16-11-15(12-19(27-5-2)21(16)28-6-3)13-20-22(26)25(23(29)30-20)18-10-7-9-17(24)14-18/h4,7,9-14H,1,5-6,8H2,2-3H3/b20-13-. The fraction of sp³-hybridized carbons (Fsp3) is 0.217. The zero-order chi connectivity index (χ0) is 21.7. The van der Waals surface area contributed by atoms with Gasteiger partial charge in [0.15, 0.2) is 15.8 Å². The number of carbonyl (C=O) groups excluding carboxylic acids is 1. The molecule has 4 nitrogen and oxygen atoms in total. The SMILES string of the molecule is C=CCc1cc(/C=C2\SC(=S)N(c3cccc(F)c3)C2=O)cc(OCC)c1OCC. The predicted octanol–water partition coefficient (Wildman–Crippen LogP) is 5.76. The van der Waals surface area contributed by atoms with Crippen LogP contribution in [0.5, 0.6) is 11.5 Å². The first-order valence-electron chi connectivity index (χ1n) is 9.55. The number of anilines is 1. The number of allylic oxidation sites excluding steroid dienone is 1. The second-order valence-corrected chi connectivity index (χ2v) is 8.04. The largest absolute Gasteiger partial charge is 0.490 e. The van der Waals surface area contributed by atoms with Crippen molar-refractivity contribution in [1.82, 2.24) is 0 Å². The van der Waals surface area contributed by atoms with E-state index in [1.54, 1.807) is 24.3 Å². The summed E-state index contributed by atoms with van der Waals surface area (Å²) in [5.41, 5.74) is 2.12. The van der Waals surface area contributed by atoms with Gasteiger partial charge in [0.25, 0.3) is 5.91 Å². The molecule has 1 aliphatic heterocycles. The number of thiocarbonyl (C=S) groups is 1. The third-order valence-electron chi connectivity index (χ3n) is 4.26. The molecule has 0 bridgehead atoms. The van der Waals surface area contributed by atoms with Crippen LogP contribution in [0.25, 0.3) is 6.08 Å². The van der Waals surface area contributed by atoms with Crippen LogP contribution in [0.2, 0.25) is 0 Å². The van der Waals surface area contributed by atoms with E-state index in [0.717, 1.165) is 11.1 Å². The van der Waals surface area contributed by atoms with Crippen LogP contribution in [-0.4, -0.2) is 23.4 Å². The maximum Gasteiger partial charge on any atom is 0.270 e. The molecule has 1 heterocycles. The maximum atomic E-state index is 13.6. The highest BCUT2D eigenvalue weighted by Crippen LogP contribution is 2.39. The lowest BCUT2D eigenvalue weighted by atomic mass is 10.0. The zero-order valence-corrected chi connectivity index (χ0v) is 18.4. The van der Waals surface area contributed by atoms with E-state index in [-0.39, 0.29) is 5.91 Å². The Hall–Kier alpha value is -2.64. The average Bonchev–Trinajstić information content (AvgIpc) is 2.98. The molecule has 156 valence electrons. The van der Waals surface area contributed by atoms with Crippen molar-refractivity contribution < 1.29 is 18.7 Å². The summed E-state index contributed by atoms with van der Waals surface area (Å²) in [4.78, 5) is 14.8. The lowest BCUT2D eigenvalue weighted by Gasteiger charge is -2.16. The van der Waals surface area contributed by atoms with E-state index in [1.807, 2.05) is 26.0 Å². The van der Waals surface area contributed by atoms with Crippen LogP contribution in [0, 0.1) is 5.82 Å². The van der Waals surface area contributed by atoms with Gasteiger partial charge in [0.1, 0.15) is 5.82 Å². The second kappa shape index (κ2) is 9.91. The summed E-state index contributed by atoms with van der Waals surface area (Å²) in [6, 6.07) is 9.62. The molecular formula is C23H22FNO3S2. The second-order valence-electron chi connectivity index (χ2n) is 6.36. The summed E-state index contributed by atoms with van der Waals surface area (Å²) in [6.45, 7) is 8.63. The van der Waals surface area contributed by atoms with Gasteiger partial charge in [-0.2, -0.15) is 0 Å². The molecule has 0 atom stereocenters. The number of nitrogens with zero attached hydrogens (tertiary/aromatic N) is 1. The molecule has 1 aliphatic rings. The van der Waals surface area contributed by atoms with E-state index in [0.29, 0.717) is 46.0 Å². The van der Waals surface area contributed by atoms with E-state index < -0.39 is 5.82 Å². The zero-order valence-electron chi connectivity index (χ0n) is 16.8. The number of benzene rings is 2. The fourth-order valence-electron chi connectivity index (χ4n) is 3.10. The molecule has 0 aliphatic carbocycles. The molecule has 0 unspecified atom stereocenters. The third kappa shape index (κ3) is 4.74. The Morgan fingerprint density at radius 1 is 1.20 bits per heavy atom. The first kappa shape index (κ1) is 22.1. The average molecular weight is 444 g/mol. The molecule has 7 heteroatoms. The highest BCUT2D eigenvalue weighted by molar-refractivity contribution is 8.27. The van der Waals surface area contributed by atoms with Gasteiger partial charge in [0.2, 0.25) is 0 Å². The maximum absolute atomic E-state index is 13.6. The van der Waals surface area contributed by atoms with Gasteiger partial charge in [-0.3, -0.25) is 9.69 Å². The van der Waals surface area contributed by atoms with Crippen molar-refractivity contribution in [3.05, 3.63) is 70.9 Å². The summed E-state index contributed by atoms with van der Waals surface area (Å²) in [5.74, 6) is 0.592. The Morgan fingerprint density at radius 2 is 1.97 bits per heavy atom. The summed E-state index contributed by atoms with van der Waals surface area (Å²) in [6.07, 6.45) is 4.16. The van der Waals surface area contributed by atoms with Gasteiger partial charge >= 0.3 is 0 Å². The number of halogens is 1. The number of hydrogen-bond donors (Lipinski definition) is 0. The van der Waals surface area contributed by atoms with Crippen molar-refractivity contribution in [3.8, 4) is 11.5 Å². The molecule has 3 rings (SSSR count). The van der Waals surface area contributed by atoms with Crippen molar-refractivity contribution in [2.45, 2.75) is 20.3 Å². The summed E-state index contributed by atoms with van der Waals surface area (Å²) < 4.78 is 25.5. The Kier molecular flexibility index (Phi) is 7.29. The van der Waals surface area contributed by atoms with E-state index in [4.69, 9.17) is 21.7 Å². The first-order chi connectivity index (χ1) is 14.5. The lowest BCUT2D eigenvalue weighted by molar-refractivity contribution is -0.113. The minimum atomic E-state index is -0.424. The van der Waals surface area contributed by atoms with E-state index in [1.165, 1.54) is 28.8 Å². The Labute approximate surface area is 185 Å². The topological polar surface area (TPSA) is 38.8 Å². The van der Waals surface area contributed by atoms with Crippen LogP contribution in [0.3, 0.4) is 0 Å². The van der Waals surface area contributed by atoms with Gasteiger partial charge < -0.3 is 9.47 Å². The number of thioether (sulfide) groups is 1. The van der Waals surface area contributed by atoms with Crippen LogP contribution < -0.4 is 14.4 Å². The van der Waals surface area contributed by atoms with Crippen molar-refractivity contribution in [2.24, 2.45) is 0 Å². The number of hydrogen-bond acceptors (Lipinski definition) is 5. The highest BCUT2D eigenvalue weighted by Gasteiger charge is 2.33. The van der Waals surface area contributed by atoms with E-state index in [2.05, 4.69) is 6.58 Å². The molecule has 1 fully saturated rings. The lowest BCUT2D eigenvalue weighted by Crippen LogP contribution is -2.27. The smallest absolute Gasteiger partial charge is 0.270 e. The Balaban J connectivity index is 2.00. The molecule has 1 amide bonds. The molecule has 0 saturated carbocycles. The minimum Gasteiger partial charge on any atom is -0.490 e. The number of ether oxygens (including phenoxy) is 2. The monoisotopic (exact) mass is 443 g/mol. The normalized spacial score (nSPS) is 15.0. The van der Waals surface area contributed by atoms with Gasteiger partial charge in [0.05, 0.1) is 23.8 Å². The molecule has 1 saturated heterocycles. The van der Waals surface area contributed by atoms with Crippen LogP contribution in [0.4, 0.5) is 10.1 Å². The number of amides is 1. The van der Waals surface area contributed by atoms with Gasteiger partial charge in [-0.25, -0.2) is 4.39 Å². The van der Waals surface area contributed by atoms with Crippen LogP contribution in [0.15, 0.2) is 54.0 Å². The molecular weight excluding hydrogens is 421 g/mol. The quantitative estimate of drug-likeness (QED) is 0.295. The molecule has 0 aromatic heterocycles. The molecule has 2 aromatic rings. The van der Waals surface area contributed by atoms with Gasteiger partial charge in [0, 0.05) is 5.56 Å². The van der Waals surface area contributed by atoms with Crippen LogP contribution in [-0.2, 0) is 11.2 Å². The van der Waals surface area contributed by atoms with Crippen molar-refractivity contribution >= 4 is 46.0 Å².